The Bertz CT molecular complexity index is 1460. The third-order valence-electron chi connectivity index (χ3n) is 6.35. The summed E-state index contributed by atoms with van der Waals surface area (Å²) in [4.78, 5) is 27.9. The Labute approximate surface area is 243 Å². The average Bonchev–Trinajstić information content (AvgIpc) is 2.92. The van der Waals surface area contributed by atoms with Gasteiger partial charge >= 0.3 is 6.18 Å². The van der Waals surface area contributed by atoms with Crippen molar-refractivity contribution in [3.8, 4) is 0 Å². The Morgan fingerprint density at radius 3 is 2.17 bits per heavy atom. The van der Waals surface area contributed by atoms with Crippen molar-refractivity contribution in [3.05, 3.63) is 94.5 Å². The van der Waals surface area contributed by atoms with E-state index in [0.29, 0.717) is 27.5 Å². The van der Waals surface area contributed by atoms with Crippen LogP contribution in [0.4, 0.5) is 18.9 Å². The number of carbonyl (C=O) groups excluding carboxylic acids is 2. The zero-order valence-electron chi connectivity index (χ0n) is 22.8. The number of nitrogens with one attached hydrogen (secondary N) is 1. The SMILES string of the molecule is CCNC(=O)[C@H](CC)N(Cc1ccc(Cl)cc1)C(=O)CN(c1cccc(C(F)(F)F)c1)S(=O)(=O)c1ccc(C)cc1. The van der Waals surface area contributed by atoms with Crippen molar-refractivity contribution in [1.29, 1.82) is 0 Å². The molecule has 12 heteroatoms. The zero-order valence-corrected chi connectivity index (χ0v) is 24.4. The number of alkyl halides is 3. The summed E-state index contributed by atoms with van der Waals surface area (Å²) in [5, 5.41) is 3.15. The van der Waals surface area contributed by atoms with E-state index in [1.54, 1.807) is 57.2 Å². The minimum absolute atomic E-state index is 0.0628. The van der Waals surface area contributed by atoms with Crippen molar-refractivity contribution in [3.63, 3.8) is 0 Å². The van der Waals surface area contributed by atoms with E-state index in [-0.39, 0.29) is 23.5 Å². The number of likely N-dealkylation sites (N-methyl/N-ethyl adjacent to an activating group) is 1. The van der Waals surface area contributed by atoms with Gasteiger partial charge in [0.2, 0.25) is 11.8 Å². The lowest BCUT2D eigenvalue weighted by atomic mass is 10.1. The van der Waals surface area contributed by atoms with Gasteiger partial charge in [-0.05, 0) is 68.3 Å². The molecule has 0 unspecified atom stereocenters. The van der Waals surface area contributed by atoms with E-state index in [1.807, 2.05) is 0 Å². The van der Waals surface area contributed by atoms with Crippen LogP contribution >= 0.6 is 11.6 Å². The normalized spacial score (nSPS) is 12.5. The fourth-order valence-corrected chi connectivity index (χ4v) is 5.73. The molecule has 0 aromatic heterocycles. The molecular formula is C29H31ClF3N3O4S. The monoisotopic (exact) mass is 609 g/mol. The summed E-state index contributed by atoms with van der Waals surface area (Å²) in [6, 6.07) is 15.1. The molecule has 3 aromatic rings. The number of aryl methyl sites for hydroxylation is 1. The number of anilines is 1. The first kappa shape index (κ1) is 32.0. The Morgan fingerprint density at radius 2 is 1.61 bits per heavy atom. The average molecular weight is 610 g/mol. The van der Waals surface area contributed by atoms with E-state index in [4.69, 9.17) is 11.6 Å². The zero-order chi connectivity index (χ0) is 30.4. The summed E-state index contributed by atoms with van der Waals surface area (Å²) in [6.07, 6.45) is -4.54. The van der Waals surface area contributed by atoms with Crippen LogP contribution in [0.15, 0.2) is 77.7 Å². The van der Waals surface area contributed by atoms with Gasteiger partial charge in [0.05, 0.1) is 16.1 Å². The van der Waals surface area contributed by atoms with Crippen molar-refractivity contribution >= 4 is 39.1 Å². The highest BCUT2D eigenvalue weighted by Crippen LogP contribution is 2.33. The second-order valence-corrected chi connectivity index (χ2v) is 11.6. The van der Waals surface area contributed by atoms with Gasteiger partial charge in [-0.2, -0.15) is 13.2 Å². The van der Waals surface area contributed by atoms with E-state index in [0.717, 1.165) is 17.7 Å². The molecule has 0 heterocycles. The van der Waals surface area contributed by atoms with E-state index in [1.165, 1.54) is 23.1 Å². The largest absolute Gasteiger partial charge is 0.416 e. The standard InChI is InChI=1S/C29H31ClF3N3O4S/c1-4-26(28(38)34-5-2)35(18-21-11-13-23(30)14-12-21)27(37)19-36(24-8-6-7-22(17-24)29(31,32)33)41(39,40)25-15-9-20(3)10-16-25/h6-17,26H,4-5,18-19H2,1-3H3,(H,34,38)/t26-/m0/s1. The second-order valence-electron chi connectivity index (χ2n) is 9.34. The molecule has 41 heavy (non-hydrogen) atoms. The third-order valence-corrected chi connectivity index (χ3v) is 8.39. The summed E-state index contributed by atoms with van der Waals surface area (Å²) in [5.74, 6) is -1.21. The van der Waals surface area contributed by atoms with Gasteiger partial charge in [0.25, 0.3) is 10.0 Å². The summed E-state index contributed by atoms with van der Waals surface area (Å²) in [6.45, 7) is 4.57. The highest BCUT2D eigenvalue weighted by atomic mass is 35.5. The Morgan fingerprint density at radius 1 is 0.976 bits per heavy atom. The van der Waals surface area contributed by atoms with Crippen LogP contribution in [0, 0.1) is 6.92 Å². The predicted octanol–water partition coefficient (Wildman–Crippen LogP) is 5.81. The highest BCUT2D eigenvalue weighted by Gasteiger charge is 2.35. The molecule has 0 fully saturated rings. The molecule has 0 radical (unpaired) electrons. The molecule has 0 bridgehead atoms. The fourth-order valence-electron chi connectivity index (χ4n) is 4.20. The third kappa shape index (κ3) is 8.01. The summed E-state index contributed by atoms with van der Waals surface area (Å²) in [7, 11) is -4.50. The number of hydrogen-bond acceptors (Lipinski definition) is 4. The lowest BCUT2D eigenvalue weighted by molar-refractivity contribution is -0.140. The molecule has 0 spiro atoms. The molecule has 0 aliphatic rings. The van der Waals surface area contributed by atoms with E-state index in [2.05, 4.69) is 5.32 Å². The van der Waals surface area contributed by atoms with Gasteiger partial charge in [0.15, 0.2) is 0 Å². The summed E-state index contributed by atoms with van der Waals surface area (Å²) >= 11 is 5.99. The van der Waals surface area contributed by atoms with Crippen LogP contribution in [0.2, 0.25) is 5.02 Å². The summed E-state index contributed by atoms with van der Waals surface area (Å²) < 4.78 is 69.0. The maximum absolute atomic E-state index is 13.9. The van der Waals surface area contributed by atoms with Crippen LogP contribution in [-0.2, 0) is 32.3 Å². The van der Waals surface area contributed by atoms with Crippen molar-refractivity contribution < 1.29 is 31.2 Å². The minimum Gasteiger partial charge on any atom is -0.355 e. The number of amides is 2. The van der Waals surface area contributed by atoms with Gasteiger partial charge < -0.3 is 10.2 Å². The van der Waals surface area contributed by atoms with Gasteiger partial charge in [-0.25, -0.2) is 8.42 Å². The molecule has 0 saturated heterocycles. The second kappa shape index (κ2) is 13.4. The number of nitrogens with zero attached hydrogens (tertiary/aromatic N) is 2. The molecule has 7 nitrogen and oxygen atoms in total. The molecular weight excluding hydrogens is 579 g/mol. The first-order valence-corrected chi connectivity index (χ1v) is 14.7. The Balaban J connectivity index is 2.11. The molecule has 3 rings (SSSR count). The minimum atomic E-state index is -4.74. The molecule has 1 atom stereocenters. The van der Waals surface area contributed by atoms with Crippen LogP contribution in [-0.4, -0.2) is 44.3 Å². The van der Waals surface area contributed by atoms with Gasteiger partial charge in [-0.3, -0.25) is 13.9 Å². The lowest BCUT2D eigenvalue weighted by Crippen LogP contribution is -2.52. The van der Waals surface area contributed by atoms with Crippen molar-refractivity contribution in [2.45, 2.75) is 50.9 Å². The van der Waals surface area contributed by atoms with Crippen LogP contribution in [0.5, 0.6) is 0 Å². The lowest BCUT2D eigenvalue weighted by Gasteiger charge is -2.33. The molecule has 0 aliphatic heterocycles. The maximum Gasteiger partial charge on any atom is 0.416 e. The van der Waals surface area contributed by atoms with Gasteiger partial charge in [0.1, 0.15) is 12.6 Å². The summed E-state index contributed by atoms with van der Waals surface area (Å²) in [5.41, 5.74) is -0.0189. The predicted molar refractivity (Wildman–Crippen MR) is 152 cm³/mol. The van der Waals surface area contributed by atoms with Crippen molar-refractivity contribution in [2.75, 3.05) is 17.4 Å². The van der Waals surface area contributed by atoms with Crippen LogP contribution in [0.25, 0.3) is 0 Å². The molecule has 0 saturated carbocycles. The van der Waals surface area contributed by atoms with E-state index < -0.39 is 46.2 Å². The fraction of sp³-hybridized carbons (Fsp3) is 0.310. The molecule has 220 valence electrons. The smallest absolute Gasteiger partial charge is 0.355 e. The van der Waals surface area contributed by atoms with Gasteiger partial charge in [-0.1, -0.05) is 54.4 Å². The van der Waals surface area contributed by atoms with Crippen LogP contribution in [0.3, 0.4) is 0 Å². The molecule has 1 N–H and O–H groups in total. The quantitative estimate of drug-likeness (QED) is 0.297. The first-order valence-electron chi connectivity index (χ1n) is 12.9. The van der Waals surface area contributed by atoms with Crippen molar-refractivity contribution in [1.82, 2.24) is 10.2 Å². The number of carbonyl (C=O) groups is 2. The topological polar surface area (TPSA) is 86.8 Å². The van der Waals surface area contributed by atoms with Gasteiger partial charge in [-0.15, -0.1) is 0 Å². The van der Waals surface area contributed by atoms with Gasteiger partial charge in [0, 0.05) is 18.1 Å². The number of halogens is 4. The van der Waals surface area contributed by atoms with Crippen molar-refractivity contribution in [2.24, 2.45) is 0 Å². The number of benzene rings is 3. The molecule has 0 aliphatic carbocycles. The maximum atomic E-state index is 13.9. The first-order chi connectivity index (χ1) is 19.3. The molecule has 2 amide bonds. The highest BCUT2D eigenvalue weighted by molar-refractivity contribution is 7.92. The Kier molecular flexibility index (Phi) is 10.4. The van der Waals surface area contributed by atoms with Crippen LogP contribution in [0.1, 0.15) is 37.0 Å². The number of hydrogen-bond donors (Lipinski definition) is 1. The van der Waals surface area contributed by atoms with Crippen LogP contribution < -0.4 is 9.62 Å². The Hall–Kier alpha value is -3.57. The van der Waals surface area contributed by atoms with E-state index >= 15 is 0 Å². The van der Waals surface area contributed by atoms with E-state index in [9.17, 15) is 31.2 Å². The molecule has 3 aromatic carbocycles. The number of sulfonamides is 1. The number of rotatable bonds is 11.